The number of carbonyl (C=O) groups excluding carboxylic acids is 2. The van der Waals surface area contributed by atoms with E-state index >= 15 is 0 Å². The third-order valence-corrected chi connectivity index (χ3v) is 5.50. The lowest BCUT2D eigenvalue weighted by molar-refractivity contribution is -0.118. The minimum Gasteiger partial charge on any atom is -0.492 e. The molecule has 1 unspecified atom stereocenters. The molecule has 1 saturated heterocycles. The molecule has 30 heavy (non-hydrogen) atoms. The van der Waals surface area contributed by atoms with Crippen LogP contribution in [0, 0.1) is 0 Å². The Morgan fingerprint density at radius 1 is 1.17 bits per heavy atom. The van der Waals surface area contributed by atoms with Gasteiger partial charge < -0.3 is 13.8 Å². The summed E-state index contributed by atoms with van der Waals surface area (Å²) in [5.74, 6) is 0.874. The Balaban J connectivity index is 1.45. The molecule has 1 aromatic carbocycles. The molecule has 160 valence electrons. The zero-order valence-corrected chi connectivity index (χ0v) is 17.5. The second kappa shape index (κ2) is 9.32. The minimum atomic E-state index is -4.58. The van der Waals surface area contributed by atoms with E-state index in [0.29, 0.717) is 31.1 Å². The van der Waals surface area contributed by atoms with E-state index in [-0.39, 0.29) is 16.9 Å². The number of pyridine rings is 1. The first kappa shape index (κ1) is 21.9. The Hall–Kier alpha value is -2.83. The number of nitrogens with zero attached hydrogens (tertiary/aromatic N) is 2. The van der Waals surface area contributed by atoms with E-state index in [1.165, 1.54) is 12.3 Å². The largest absolute Gasteiger partial charge is 0.492 e. The van der Waals surface area contributed by atoms with Crippen LogP contribution in [0.3, 0.4) is 0 Å². The maximum absolute atomic E-state index is 11.6. The van der Waals surface area contributed by atoms with Crippen molar-refractivity contribution in [1.29, 1.82) is 0 Å². The van der Waals surface area contributed by atoms with Gasteiger partial charge in [-0.2, -0.15) is 8.42 Å². The molecule has 2 N–H and O–H groups in total. The smallest absolute Gasteiger partial charge is 0.446 e. The van der Waals surface area contributed by atoms with Gasteiger partial charge in [0.2, 0.25) is 5.91 Å². The van der Waals surface area contributed by atoms with Crippen molar-refractivity contribution in [2.45, 2.75) is 11.7 Å². The molecule has 0 spiro atoms. The Bertz CT molecular complexity index is 1010. The molecule has 10 nitrogen and oxygen atoms in total. The Labute approximate surface area is 177 Å². The number of benzene rings is 1. The van der Waals surface area contributed by atoms with Crippen LogP contribution in [0.2, 0.25) is 0 Å². The molecule has 2 aromatic rings. The van der Waals surface area contributed by atoms with E-state index in [2.05, 4.69) is 14.5 Å². The molecular formula is C18H19N3O7S2. The standard InChI is InChI=1S/C18H19N3O7S2/c1-21(16-7-6-14(11-19-16)28-30(24,25)26)8-9-27-13-4-2-12(3-5-13)10-15-17(22)20-18(23)29-15/h2-7,11,15H,8-10H2,1H3,(H,20,22,23)(H,24,25,26). The van der Waals surface area contributed by atoms with Crippen molar-refractivity contribution < 1.29 is 31.5 Å². The van der Waals surface area contributed by atoms with Crippen LogP contribution in [0.5, 0.6) is 11.5 Å². The van der Waals surface area contributed by atoms with Gasteiger partial charge in [-0.15, -0.1) is 0 Å². The monoisotopic (exact) mass is 453 g/mol. The Kier molecular flexibility index (Phi) is 6.80. The fraction of sp³-hybridized carbons (Fsp3) is 0.278. The van der Waals surface area contributed by atoms with Gasteiger partial charge in [0.15, 0.2) is 5.75 Å². The van der Waals surface area contributed by atoms with Gasteiger partial charge in [0.05, 0.1) is 18.0 Å². The molecule has 3 rings (SSSR count). The maximum atomic E-state index is 11.6. The first-order chi connectivity index (χ1) is 14.2. The highest BCUT2D eigenvalue weighted by atomic mass is 32.3. The van der Waals surface area contributed by atoms with Gasteiger partial charge >= 0.3 is 10.4 Å². The number of carbonyl (C=O) groups is 2. The summed E-state index contributed by atoms with van der Waals surface area (Å²) in [5, 5.41) is 1.55. The van der Waals surface area contributed by atoms with Gasteiger partial charge in [-0.1, -0.05) is 23.9 Å². The van der Waals surface area contributed by atoms with Crippen LogP contribution in [0.1, 0.15) is 5.56 Å². The van der Waals surface area contributed by atoms with E-state index in [9.17, 15) is 18.0 Å². The van der Waals surface area contributed by atoms with Crippen molar-refractivity contribution >= 4 is 39.1 Å². The molecular weight excluding hydrogens is 434 g/mol. The lowest BCUT2D eigenvalue weighted by Crippen LogP contribution is -2.25. The summed E-state index contributed by atoms with van der Waals surface area (Å²) in [6.45, 7) is 0.879. The Morgan fingerprint density at radius 3 is 2.43 bits per heavy atom. The fourth-order valence-electron chi connectivity index (χ4n) is 2.65. The summed E-state index contributed by atoms with van der Waals surface area (Å²) in [4.78, 5) is 28.7. The summed E-state index contributed by atoms with van der Waals surface area (Å²) < 4.78 is 40.0. The van der Waals surface area contributed by atoms with Crippen LogP contribution in [0.15, 0.2) is 42.6 Å². The molecule has 12 heteroatoms. The van der Waals surface area contributed by atoms with Crippen LogP contribution in [-0.4, -0.2) is 54.6 Å². The van der Waals surface area contributed by atoms with Crippen LogP contribution >= 0.6 is 11.8 Å². The summed E-state index contributed by atoms with van der Waals surface area (Å²) in [6.07, 6.45) is 1.66. The number of aromatic nitrogens is 1. The average Bonchev–Trinajstić information content (AvgIpc) is 2.99. The summed E-state index contributed by atoms with van der Waals surface area (Å²) in [6, 6.07) is 10.2. The number of rotatable bonds is 9. The predicted molar refractivity (Wildman–Crippen MR) is 110 cm³/mol. The molecule has 1 aromatic heterocycles. The van der Waals surface area contributed by atoms with E-state index < -0.39 is 15.6 Å². The summed E-state index contributed by atoms with van der Waals surface area (Å²) >= 11 is 0.999. The highest BCUT2D eigenvalue weighted by molar-refractivity contribution is 8.15. The molecule has 1 aliphatic heterocycles. The first-order valence-electron chi connectivity index (χ1n) is 8.77. The van der Waals surface area contributed by atoms with E-state index in [0.717, 1.165) is 17.3 Å². The SMILES string of the molecule is CN(CCOc1ccc(CC2SC(=O)NC2=O)cc1)c1ccc(OS(=O)(=O)O)cn1. The topological polar surface area (TPSA) is 135 Å². The number of nitrogens with one attached hydrogen (secondary N) is 1. The number of hydrogen-bond donors (Lipinski definition) is 2. The summed E-state index contributed by atoms with van der Waals surface area (Å²) in [5.41, 5.74) is 0.929. The second-order valence-corrected chi connectivity index (χ2v) is 8.56. The molecule has 2 heterocycles. The van der Waals surface area contributed by atoms with Gasteiger partial charge in [-0.25, -0.2) is 4.98 Å². The quantitative estimate of drug-likeness (QED) is 0.540. The Morgan fingerprint density at radius 2 is 1.87 bits per heavy atom. The highest BCUT2D eigenvalue weighted by Crippen LogP contribution is 2.24. The van der Waals surface area contributed by atoms with Crippen molar-refractivity contribution in [3.8, 4) is 11.5 Å². The zero-order valence-electron chi connectivity index (χ0n) is 15.8. The van der Waals surface area contributed by atoms with E-state index in [1.807, 2.05) is 12.1 Å². The molecule has 1 fully saturated rings. The normalized spacial score (nSPS) is 16.3. The predicted octanol–water partition coefficient (Wildman–Crippen LogP) is 1.67. The summed E-state index contributed by atoms with van der Waals surface area (Å²) in [7, 11) is -2.78. The third kappa shape index (κ3) is 6.34. The number of amides is 2. The van der Waals surface area contributed by atoms with Crippen molar-refractivity contribution in [3.63, 3.8) is 0 Å². The number of likely N-dealkylation sites (N-methyl/N-ethyl adjacent to an activating group) is 1. The van der Waals surface area contributed by atoms with Crippen molar-refractivity contribution in [1.82, 2.24) is 10.3 Å². The molecule has 0 aliphatic carbocycles. The molecule has 2 amide bonds. The number of thioether (sulfide) groups is 1. The van der Waals surface area contributed by atoms with Gasteiger partial charge in [-0.3, -0.25) is 19.5 Å². The fourth-order valence-corrected chi connectivity index (χ4v) is 3.85. The zero-order chi connectivity index (χ0) is 21.7. The second-order valence-electron chi connectivity index (χ2n) is 6.36. The maximum Gasteiger partial charge on any atom is 0.446 e. The van der Waals surface area contributed by atoms with Crippen molar-refractivity contribution in [2.75, 3.05) is 25.1 Å². The average molecular weight is 453 g/mol. The molecule has 0 saturated carbocycles. The molecule has 1 atom stereocenters. The van der Waals surface area contributed by atoms with E-state index in [4.69, 9.17) is 9.29 Å². The molecule has 0 bridgehead atoms. The van der Waals surface area contributed by atoms with Gasteiger partial charge in [-0.05, 0) is 36.2 Å². The van der Waals surface area contributed by atoms with Crippen LogP contribution in [-0.2, 0) is 21.6 Å². The number of imide groups is 1. The van der Waals surface area contributed by atoms with Gasteiger partial charge in [0.25, 0.3) is 5.24 Å². The third-order valence-electron chi connectivity index (χ3n) is 4.12. The molecule has 0 radical (unpaired) electrons. The van der Waals surface area contributed by atoms with E-state index in [1.54, 1.807) is 30.1 Å². The van der Waals surface area contributed by atoms with Crippen molar-refractivity contribution in [3.05, 3.63) is 48.2 Å². The van der Waals surface area contributed by atoms with Crippen LogP contribution in [0.25, 0.3) is 0 Å². The van der Waals surface area contributed by atoms with Gasteiger partial charge in [0.1, 0.15) is 18.2 Å². The number of ether oxygens (including phenoxy) is 1. The molecule has 1 aliphatic rings. The van der Waals surface area contributed by atoms with Crippen molar-refractivity contribution in [2.24, 2.45) is 0 Å². The van der Waals surface area contributed by atoms with Crippen LogP contribution < -0.4 is 19.1 Å². The van der Waals surface area contributed by atoms with Gasteiger partial charge in [0, 0.05) is 7.05 Å². The lowest BCUT2D eigenvalue weighted by Gasteiger charge is -2.18. The first-order valence-corrected chi connectivity index (χ1v) is 11.0. The minimum absolute atomic E-state index is 0.0937. The van der Waals surface area contributed by atoms with Crippen LogP contribution in [0.4, 0.5) is 10.6 Å². The highest BCUT2D eigenvalue weighted by Gasteiger charge is 2.31. The lowest BCUT2D eigenvalue weighted by atomic mass is 10.1. The number of hydrogen-bond acceptors (Lipinski definition) is 9. The number of anilines is 1.